The van der Waals surface area contributed by atoms with Gasteiger partial charge in [0.25, 0.3) is 0 Å². The second-order valence-corrected chi connectivity index (χ2v) is 32.6. The Labute approximate surface area is 559 Å². The Bertz CT molecular complexity index is 3100. The minimum absolute atomic E-state index is 0. The summed E-state index contributed by atoms with van der Waals surface area (Å²) in [5.74, 6) is 5.80. The standard InChI is InChI=1S/C87H110.Na/c1-60(33-22-16-15-17-31-54-86(63-36-23-18-24-37-63,64-38-25-19-26-39-64)80-76-56-67(82(3,4)5)46-50-72(76)73-51-47-68(57-77(73)80)83(6,7)8)61(2)34-32-35-62-44-45-71(55-62)87(65-40-27-20-28-41-65,66-42-29-21-30-43-66)81-78-58-69(84(9,10)11)48-52-74(78)75-53-49-70(59-79(75)81)85(12,13)14;/h15,18-21,23-30,36-43,46-54,56-59,62,71-81H,16-17,22,31-35,44-45,55H2,1-14H3;/q-2;+1/b61-60+;. The quantitative estimate of drug-likeness (QED) is 0.0380. The second kappa shape index (κ2) is 27.0. The molecular formula is C87H110Na-. The van der Waals surface area contributed by atoms with Gasteiger partial charge in [0.05, 0.1) is 0 Å². The maximum Gasteiger partial charge on any atom is 1.00 e. The van der Waals surface area contributed by atoms with E-state index in [0.717, 1.165) is 25.2 Å². The summed E-state index contributed by atoms with van der Waals surface area (Å²) in [6.45, 7) is 33.8. The van der Waals surface area contributed by atoms with Gasteiger partial charge < -0.3 is 12.8 Å². The Morgan fingerprint density at radius 1 is 0.398 bits per heavy atom. The van der Waals surface area contributed by atoms with Crippen molar-refractivity contribution in [3.8, 4) is 0 Å². The summed E-state index contributed by atoms with van der Waals surface area (Å²) in [5.41, 5.74) is 15.2. The maximum absolute atomic E-state index is 2.80. The monoisotopic (exact) mass is 1180 g/mol. The second-order valence-electron chi connectivity index (χ2n) is 32.6. The number of hydrogen-bond acceptors (Lipinski definition) is 0. The van der Waals surface area contributed by atoms with Crippen LogP contribution in [0.4, 0.5) is 0 Å². The summed E-state index contributed by atoms with van der Waals surface area (Å²) in [5, 5.41) is 0. The van der Waals surface area contributed by atoms with Gasteiger partial charge in [-0.2, -0.15) is 6.42 Å². The predicted molar refractivity (Wildman–Crippen MR) is 374 cm³/mol. The average molecular weight is 1180 g/mol. The van der Waals surface area contributed by atoms with Gasteiger partial charge in [0.2, 0.25) is 0 Å². The van der Waals surface area contributed by atoms with Crippen molar-refractivity contribution in [2.75, 3.05) is 0 Å². The van der Waals surface area contributed by atoms with E-state index >= 15 is 0 Å². The molecule has 3 fully saturated rings. The van der Waals surface area contributed by atoms with E-state index in [9.17, 15) is 0 Å². The molecule has 0 N–H and O–H groups in total. The molecule has 88 heavy (non-hydrogen) atoms. The van der Waals surface area contributed by atoms with Gasteiger partial charge in [-0.15, -0.1) is 0 Å². The van der Waals surface area contributed by atoms with Crippen LogP contribution < -0.4 is 29.6 Å². The van der Waals surface area contributed by atoms with Crippen molar-refractivity contribution >= 4 is 0 Å². The van der Waals surface area contributed by atoms with Gasteiger partial charge in [-0.25, -0.2) is 12.8 Å². The number of fused-ring (bicyclic) bond motifs is 6. The summed E-state index contributed by atoms with van der Waals surface area (Å²) in [4.78, 5) is 0. The molecular weight excluding hydrogens is 1070 g/mol. The minimum atomic E-state index is -0.262. The van der Waals surface area contributed by atoms with Gasteiger partial charge in [-0.05, 0) is 172 Å². The van der Waals surface area contributed by atoms with Crippen molar-refractivity contribution in [3.63, 3.8) is 0 Å². The molecule has 7 aliphatic carbocycles. The van der Waals surface area contributed by atoms with Crippen LogP contribution in [0.15, 0.2) is 228 Å². The van der Waals surface area contributed by atoms with Crippen LogP contribution in [-0.2, 0) is 10.8 Å². The first kappa shape index (κ1) is 66.5. The number of benzene rings is 4. The van der Waals surface area contributed by atoms with Crippen LogP contribution >= 0.6 is 0 Å². The van der Waals surface area contributed by atoms with E-state index in [1.165, 1.54) is 84.8 Å². The summed E-state index contributed by atoms with van der Waals surface area (Å²) < 4.78 is 0. The van der Waals surface area contributed by atoms with Crippen molar-refractivity contribution in [1.82, 2.24) is 0 Å². The molecule has 3 saturated carbocycles. The smallest absolute Gasteiger partial charge is 0.331 e. The number of rotatable bonds is 19. The number of hydrogen-bond donors (Lipinski definition) is 0. The van der Waals surface area contributed by atoms with Gasteiger partial charge in [0.15, 0.2) is 0 Å². The van der Waals surface area contributed by atoms with E-state index in [1.807, 2.05) is 0 Å². The van der Waals surface area contributed by atoms with Crippen molar-refractivity contribution < 1.29 is 29.6 Å². The summed E-state index contributed by atoms with van der Waals surface area (Å²) in [6.07, 6.45) is 50.5. The first-order valence-corrected chi connectivity index (χ1v) is 34.7. The van der Waals surface area contributed by atoms with Crippen molar-refractivity contribution in [3.05, 3.63) is 263 Å². The fourth-order valence-corrected chi connectivity index (χ4v) is 18.5. The molecule has 11 rings (SSSR count). The van der Waals surface area contributed by atoms with E-state index in [-0.39, 0.29) is 62.0 Å². The molecule has 1 heteroatoms. The third-order valence-corrected chi connectivity index (χ3v) is 23.2. The molecule has 0 aromatic heterocycles. The molecule has 0 amide bonds. The third-order valence-electron chi connectivity index (χ3n) is 23.2. The number of unbranched alkanes of at least 4 members (excludes halogenated alkanes) is 4. The zero-order chi connectivity index (χ0) is 61.5. The Hall–Kier alpha value is -4.46. The SMILES string of the molecule is C/C(CCC[CH-]CC[CH-]C(c1ccccc1)(c1ccccc1)C1C2C=C(C(C)(C)C)C=CC2C2C=CC(C(C)(C)C)=CC21)=C(/C)CCCC1CCC(C(c2ccccc2)(c2ccccc2)C2C3C=C(C(C)(C)C)C=CC3C3C=CC(C(C)(C)C)=CC32)C1.[Na+]. The van der Waals surface area contributed by atoms with Crippen molar-refractivity contribution in [2.45, 2.75) is 178 Å². The molecule has 0 saturated heterocycles. The molecule has 10 unspecified atom stereocenters. The number of allylic oxidation sites excluding steroid dienone is 18. The summed E-state index contributed by atoms with van der Waals surface area (Å²) in [7, 11) is 0. The summed E-state index contributed by atoms with van der Waals surface area (Å²) >= 11 is 0. The van der Waals surface area contributed by atoms with E-state index in [2.05, 4.69) is 304 Å². The maximum atomic E-state index is 2.80. The Morgan fingerprint density at radius 3 is 1.12 bits per heavy atom. The molecule has 0 spiro atoms. The molecule has 7 aliphatic rings. The Balaban J connectivity index is 0.00000855. The third kappa shape index (κ3) is 13.3. The predicted octanol–water partition coefficient (Wildman–Crippen LogP) is 20.6. The molecule has 0 radical (unpaired) electrons. The molecule has 0 aliphatic heterocycles. The largest absolute Gasteiger partial charge is 1.00 e. The normalized spacial score (nSPS) is 27.9. The fourth-order valence-electron chi connectivity index (χ4n) is 18.5. The minimum Gasteiger partial charge on any atom is -0.331 e. The molecule has 0 nitrogen and oxygen atoms in total. The van der Waals surface area contributed by atoms with Crippen LogP contribution in [0.2, 0.25) is 0 Å². The van der Waals surface area contributed by atoms with Crippen LogP contribution in [-0.4, -0.2) is 0 Å². The van der Waals surface area contributed by atoms with Gasteiger partial charge in [-0.3, -0.25) is 0 Å². The van der Waals surface area contributed by atoms with E-state index in [0.29, 0.717) is 65.1 Å². The average Bonchev–Trinajstić information content (AvgIpc) is 1.50. The van der Waals surface area contributed by atoms with Gasteiger partial charge in [-0.1, -0.05) is 324 Å². The van der Waals surface area contributed by atoms with E-state index < -0.39 is 0 Å². The zero-order valence-corrected chi connectivity index (χ0v) is 59.3. The molecule has 4 aromatic carbocycles. The Morgan fingerprint density at radius 2 is 0.750 bits per heavy atom. The molecule has 4 aromatic rings. The molecule has 10 atom stereocenters. The van der Waals surface area contributed by atoms with Crippen LogP contribution in [0.25, 0.3) is 0 Å². The zero-order valence-electron chi connectivity index (χ0n) is 57.3. The van der Waals surface area contributed by atoms with E-state index in [4.69, 9.17) is 0 Å². The van der Waals surface area contributed by atoms with Crippen LogP contribution in [0.1, 0.15) is 190 Å². The van der Waals surface area contributed by atoms with Crippen molar-refractivity contribution in [1.29, 1.82) is 0 Å². The first-order chi connectivity index (χ1) is 41.5. The molecule has 0 bridgehead atoms. The van der Waals surface area contributed by atoms with E-state index in [1.54, 1.807) is 22.3 Å². The van der Waals surface area contributed by atoms with Gasteiger partial charge in [0, 0.05) is 5.41 Å². The topological polar surface area (TPSA) is 0 Å². The molecule has 460 valence electrons. The van der Waals surface area contributed by atoms with Crippen LogP contribution in [0, 0.1) is 106 Å². The van der Waals surface area contributed by atoms with Crippen LogP contribution in [0.5, 0.6) is 0 Å². The fraction of sp³-hybridized carbons (Fsp3) is 0.494. The molecule has 0 heterocycles. The van der Waals surface area contributed by atoms with Crippen LogP contribution in [0.3, 0.4) is 0 Å². The van der Waals surface area contributed by atoms with Crippen molar-refractivity contribution in [2.24, 2.45) is 92.7 Å². The Kier molecular flexibility index (Phi) is 20.4. The first-order valence-electron chi connectivity index (χ1n) is 34.7. The summed E-state index contributed by atoms with van der Waals surface area (Å²) in [6, 6.07) is 47.4. The van der Waals surface area contributed by atoms with Gasteiger partial charge in [0.1, 0.15) is 0 Å². The van der Waals surface area contributed by atoms with Gasteiger partial charge >= 0.3 is 29.6 Å².